The van der Waals surface area contributed by atoms with E-state index in [-0.39, 0.29) is 23.5 Å². The van der Waals surface area contributed by atoms with Gasteiger partial charge in [0.05, 0.1) is 5.75 Å². The second-order valence-corrected chi connectivity index (χ2v) is 6.78. The van der Waals surface area contributed by atoms with Gasteiger partial charge in [-0.05, 0) is 30.2 Å². The summed E-state index contributed by atoms with van der Waals surface area (Å²) >= 11 is 1.30. The van der Waals surface area contributed by atoms with Gasteiger partial charge in [0.25, 0.3) is 0 Å². The zero-order chi connectivity index (χ0) is 17.8. The standard InChI is InChI=1S/C14H19N7O3S/c1-9-7-11(17-24-9)15-13(23)10-3-5-21(6-4-10)12(22)8-25-14-16-18-19-20(14)2/h7,10H,3-6,8H2,1-2H3,(H,15,17,23). The molecule has 0 aromatic carbocycles. The van der Waals surface area contributed by atoms with Gasteiger partial charge in [-0.1, -0.05) is 16.9 Å². The van der Waals surface area contributed by atoms with Crippen molar-refractivity contribution in [2.24, 2.45) is 13.0 Å². The molecule has 2 aromatic heterocycles. The first kappa shape index (κ1) is 17.4. The number of nitrogens with zero attached hydrogens (tertiary/aromatic N) is 6. The second kappa shape index (κ2) is 7.64. The van der Waals surface area contributed by atoms with Gasteiger partial charge in [0.1, 0.15) is 5.76 Å². The first-order valence-electron chi connectivity index (χ1n) is 7.90. The quantitative estimate of drug-likeness (QED) is 0.760. The lowest BCUT2D eigenvalue weighted by Crippen LogP contribution is -2.42. The lowest BCUT2D eigenvalue weighted by molar-refractivity contribution is -0.132. The molecular formula is C14H19N7O3S. The number of piperidine rings is 1. The van der Waals surface area contributed by atoms with Crippen LogP contribution in [0, 0.1) is 12.8 Å². The fraction of sp³-hybridized carbons (Fsp3) is 0.571. The largest absolute Gasteiger partial charge is 0.360 e. The van der Waals surface area contributed by atoms with Crippen LogP contribution in [0.3, 0.4) is 0 Å². The molecule has 1 aliphatic heterocycles. The second-order valence-electron chi connectivity index (χ2n) is 5.84. The third-order valence-corrected chi connectivity index (χ3v) is 5.00. The van der Waals surface area contributed by atoms with E-state index in [1.807, 2.05) is 0 Å². The van der Waals surface area contributed by atoms with Crippen LogP contribution in [0.2, 0.25) is 0 Å². The van der Waals surface area contributed by atoms with Crippen molar-refractivity contribution >= 4 is 29.4 Å². The molecule has 3 heterocycles. The van der Waals surface area contributed by atoms with Crippen LogP contribution in [0.4, 0.5) is 5.82 Å². The van der Waals surface area contributed by atoms with E-state index in [2.05, 4.69) is 26.0 Å². The number of tetrazole rings is 1. The molecule has 2 aromatic rings. The zero-order valence-electron chi connectivity index (χ0n) is 14.0. The maximum absolute atomic E-state index is 12.3. The predicted molar refractivity (Wildman–Crippen MR) is 88.7 cm³/mol. The Morgan fingerprint density at radius 2 is 2.16 bits per heavy atom. The van der Waals surface area contributed by atoms with Crippen molar-refractivity contribution < 1.29 is 14.1 Å². The highest BCUT2D eigenvalue weighted by atomic mass is 32.2. The number of carbonyl (C=O) groups excluding carboxylic acids is 2. The summed E-state index contributed by atoms with van der Waals surface area (Å²) in [6.07, 6.45) is 1.26. The summed E-state index contributed by atoms with van der Waals surface area (Å²) < 4.78 is 6.46. The molecule has 1 aliphatic rings. The number of hydrogen-bond donors (Lipinski definition) is 1. The molecule has 0 radical (unpaired) electrons. The Hall–Kier alpha value is -2.43. The van der Waals surface area contributed by atoms with Gasteiger partial charge >= 0.3 is 0 Å². The van der Waals surface area contributed by atoms with Gasteiger partial charge in [-0.25, -0.2) is 4.68 Å². The molecule has 134 valence electrons. The predicted octanol–water partition coefficient (Wildman–Crippen LogP) is 0.476. The highest BCUT2D eigenvalue weighted by molar-refractivity contribution is 7.99. The Morgan fingerprint density at radius 1 is 1.40 bits per heavy atom. The summed E-state index contributed by atoms with van der Waals surface area (Å²) in [5, 5.41) is 18.2. The molecule has 0 saturated carbocycles. The van der Waals surface area contributed by atoms with E-state index in [0.29, 0.717) is 42.7 Å². The summed E-state index contributed by atoms with van der Waals surface area (Å²) in [7, 11) is 1.73. The first-order chi connectivity index (χ1) is 12.0. The highest BCUT2D eigenvalue weighted by Gasteiger charge is 2.28. The fourth-order valence-corrected chi connectivity index (χ4v) is 3.36. The monoisotopic (exact) mass is 365 g/mol. The Morgan fingerprint density at radius 3 is 2.76 bits per heavy atom. The smallest absolute Gasteiger partial charge is 0.233 e. The van der Waals surface area contributed by atoms with Crippen LogP contribution >= 0.6 is 11.8 Å². The van der Waals surface area contributed by atoms with E-state index < -0.39 is 0 Å². The van der Waals surface area contributed by atoms with Gasteiger partial charge in [-0.2, -0.15) is 0 Å². The van der Waals surface area contributed by atoms with Crippen molar-refractivity contribution in [3.8, 4) is 0 Å². The van der Waals surface area contributed by atoms with Crippen LogP contribution in [0.15, 0.2) is 15.7 Å². The number of likely N-dealkylation sites (tertiary alicyclic amines) is 1. The molecule has 1 fully saturated rings. The van der Waals surface area contributed by atoms with E-state index in [1.165, 1.54) is 16.4 Å². The maximum atomic E-state index is 12.3. The lowest BCUT2D eigenvalue weighted by Gasteiger charge is -2.31. The molecule has 0 unspecified atom stereocenters. The summed E-state index contributed by atoms with van der Waals surface area (Å²) in [4.78, 5) is 26.3. The van der Waals surface area contributed by atoms with Gasteiger partial charge in [0.2, 0.25) is 17.0 Å². The third-order valence-electron chi connectivity index (χ3n) is 4.00. The van der Waals surface area contributed by atoms with Crippen LogP contribution in [-0.4, -0.2) is 60.9 Å². The van der Waals surface area contributed by atoms with E-state index in [9.17, 15) is 9.59 Å². The van der Waals surface area contributed by atoms with Crippen molar-refractivity contribution in [3.63, 3.8) is 0 Å². The topological polar surface area (TPSA) is 119 Å². The van der Waals surface area contributed by atoms with Gasteiger partial charge in [-0.3, -0.25) is 9.59 Å². The number of thioether (sulfide) groups is 1. The van der Waals surface area contributed by atoms with Gasteiger partial charge in [-0.15, -0.1) is 5.10 Å². The third kappa shape index (κ3) is 4.35. The highest BCUT2D eigenvalue weighted by Crippen LogP contribution is 2.21. The SMILES string of the molecule is Cc1cc(NC(=O)C2CCN(C(=O)CSc3nnnn3C)CC2)no1. The van der Waals surface area contributed by atoms with E-state index in [4.69, 9.17) is 4.52 Å². The Kier molecular flexibility index (Phi) is 5.31. The molecule has 1 saturated heterocycles. The van der Waals surface area contributed by atoms with Gasteiger partial charge < -0.3 is 14.7 Å². The van der Waals surface area contributed by atoms with Crippen molar-refractivity contribution in [1.29, 1.82) is 0 Å². The number of aromatic nitrogens is 5. The van der Waals surface area contributed by atoms with Crippen molar-refractivity contribution in [2.45, 2.75) is 24.9 Å². The molecule has 3 rings (SSSR count). The Bertz CT molecular complexity index is 751. The number of rotatable bonds is 5. The van der Waals surface area contributed by atoms with E-state index in [1.54, 1.807) is 24.9 Å². The molecular weight excluding hydrogens is 346 g/mol. The van der Waals surface area contributed by atoms with Crippen LogP contribution in [-0.2, 0) is 16.6 Å². The normalized spacial score (nSPS) is 15.4. The molecule has 2 amide bonds. The molecule has 10 nitrogen and oxygen atoms in total. The lowest BCUT2D eigenvalue weighted by atomic mass is 9.96. The molecule has 0 aliphatic carbocycles. The number of nitrogens with one attached hydrogen (secondary N) is 1. The number of anilines is 1. The van der Waals surface area contributed by atoms with Crippen LogP contribution < -0.4 is 5.32 Å². The average Bonchev–Trinajstić information content (AvgIpc) is 3.21. The summed E-state index contributed by atoms with van der Waals surface area (Å²) in [5.41, 5.74) is 0. The number of carbonyl (C=O) groups is 2. The zero-order valence-corrected chi connectivity index (χ0v) is 14.8. The van der Waals surface area contributed by atoms with E-state index in [0.717, 1.165) is 0 Å². The van der Waals surface area contributed by atoms with Crippen molar-refractivity contribution in [2.75, 3.05) is 24.2 Å². The molecule has 0 atom stereocenters. The van der Waals surface area contributed by atoms with Gasteiger partial charge in [0, 0.05) is 32.1 Å². The molecule has 1 N–H and O–H groups in total. The summed E-state index contributed by atoms with van der Waals surface area (Å²) in [5.74, 6) is 1.17. The van der Waals surface area contributed by atoms with Crippen LogP contribution in [0.1, 0.15) is 18.6 Å². The number of hydrogen-bond acceptors (Lipinski definition) is 8. The maximum Gasteiger partial charge on any atom is 0.233 e. The molecule has 11 heteroatoms. The Balaban J connectivity index is 1.44. The van der Waals surface area contributed by atoms with E-state index >= 15 is 0 Å². The van der Waals surface area contributed by atoms with Crippen LogP contribution in [0.25, 0.3) is 0 Å². The van der Waals surface area contributed by atoms with Crippen molar-refractivity contribution in [1.82, 2.24) is 30.3 Å². The fourth-order valence-electron chi connectivity index (χ4n) is 2.61. The summed E-state index contributed by atoms with van der Waals surface area (Å²) in [6.45, 7) is 2.89. The minimum absolute atomic E-state index is 0.0268. The minimum atomic E-state index is -0.128. The number of aryl methyl sites for hydroxylation is 2. The first-order valence-corrected chi connectivity index (χ1v) is 8.88. The molecule has 0 bridgehead atoms. The average molecular weight is 365 g/mol. The number of amides is 2. The van der Waals surface area contributed by atoms with Crippen LogP contribution in [0.5, 0.6) is 0 Å². The molecule has 0 spiro atoms. The van der Waals surface area contributed by atoms with Gasteiger partial charge in [0.15, 0.2) is 5.82 Å². The van der Waals surface area contributed by atoms with Crippen molar-refractivity contribution in [3.05, 3.63) is 11.8 Å². The Labute approximate surface area is 148 Å². The molecule has 25 heavy (non-hydrogen) atoms. The minimum Gasteiger partial charge on any atom is -0.360 e. The summed E-state index contributed by atoms with van der Waals surface area (Å²) in [6, 6.07) is 1.68.